The molecule has 3 heteroatoms. The van der Waals surface area contributed by atoms with Crippen LogP contribution in [-0.2, 0) is 9.53 Å². The number of nitrogens with zero attached hydrogens (tertiary/aromatic N) is 1. The molecule has 1 fully saturated rings. The Morgan fingerprint density at radius 1 is 1.28 bits per heavy atom. The number of methoxy groups -OCH3 is 1. The normalized spacial score (nSPS) is 18.7. The lowest BCUT2D eigenvalue weighted by molar-refractivity contribution is -0.117. The second kappa shape index (κ2) is 7.90. The van der Waals surface area contributed by atoms with E-state index in [1.807, 2.05) is 0 Å². The van der Waals surface area contributed by atoms with Crippen LogP contribution in [0.5, 0.6) is 0 Å². The molecular formula is C15H29NO2. The summed E-state index contributed by atoms with van der Waals surface area (Å²) in [5.74, 6) is 0. The third-order valence-corrected chi connectivity index (χ3v) is 4.41. The summed E-state index contributed by atoms with van der Waals surface area (Å²) in [4.78, 5) is 14.0. The van der Waals surface area contributed by atoms with Crippen molar-refractivity contribution in [2.24, 2.45) is 5.41 Å². The van der Waals surface area contributed by atoms with Crippen molar-refractivity contribution in [1.82, 2.24) is 4.90 Å². The Bertz CT molecular complexity index is 233. The van der Waals surface area contributed by atoms with Gasteiger partial charge in [0.25, 0.3) is 0 Å². The van der Waals surface area contributed by atoms with Gasteiger partial charge in [0.15, 0.2) is 0 Å². The summed E-state index contributed by atoms with van der Waals surface area (Å²) in [6, 6.07) is 0.581. The predicted octanol–water partition coefficient (Wildman–Crippen LogP) is 2.88. The number of rotatable bonds is 9. The van der Waals surface area contributed by atoms with E-state index in [-0.39, 0.29) is 5.41 Å². The Balaban J connectivity index is 2.66. The first-order valence-corrected chi connectivity index (χ1v) is 7.40. The van der Waals surface area contributed by atoms with Gasteiger partial charge in [0.2, 0.25) is 0 Å². The molecule has 3 nitrogen and oxygen atoms in total. The van der Waals surface area contributed by atoms with Crippen molar-refractivity contribution in [1.29, 1.82) is 0 Å². The van der Waals surface area contributed by atoms with Crippen LogP contribution in [0.2, 0.25) is 0 Å². The van der Waals surface area contributed by atoms with Gasteiger partial charge < -0.3 is 9.53 Å². The van der Waals surface area contributed by atoms with Crippen molar-refractivity contribution in [3.63, 3.8) is 0 Å². The van der Waals surface area contributed by atoms with Gasteiger partial charge in [-0.2, -0.15) is 0 Å². The van der Waals surface area contributed by atoms with Crippen LogP contribution in [0.25, 0.3) is 0 Å². The Hall–Kier alpha value is -0.410. The number of hydrogen-bond acceptors (Lipinski definition) is 3. The summed E-state index contributed by atoms with van der Waals surface area (Å²) in [5, 5.41) is 0. The molecule has 18 heavy (non-hydrogen) atoms. The maximum atomic E-state index is 11.5. The van der Waals surface area contributed by atoms with Crippen LogP contribution in [0.3, 0.4) is 0 Å². The van der Waals surface area contributed by atoms with E-state index >= 15 is 0 Å². The van der Waals surface area contributed by atoms with E-state index < -0.39 is 0 Å². The second-order valence-electron chi connectivity index (χ2n) is 5.62. The van der Waals surface area contributed by atoms with Gasteiger partial charge in [0.05, 0.1) is 6.61 Å². The summed E-state index contributed by atoms with van der Waals surface area (Å²) >= 11 is 0. The van der Waals surface area contributed by atoms with Gasteiger partial charge in [-0.3, -0.25) is 4.90 Å². The lowest BCUT2D eigenvalue weighted by atomic mass is 9.86. The van der Waals surface area contributed by atoms with Gasteiger partial charge >= 0.3 is 0 Å². The van der Waals surface area contributed by atoms with Gasteiger partial charge in [0, 0.05) is 31.7 Å². The molecule has 0 saturated heterocycles. The topological polar surface area (TPSA) is 29.5 Å². The zero-order valence-electron chi connectivity index (χ0n) is 12.3. The van der Waals surface area contributed by atoms with Crippen LogP contribution >= 0.6 is 0 Å². The van der Waals surface area contributed by atoms with E-state index in [1.165, 1.54) is 19.1 Å². The smallest absolute Gasteiger partial charge is 0.127 e. The molecule has 0 aliphatic heterocycles. The van der Waals surface area contributed by atoms with E-state index in [0.717, 1.165) is 45.4 Å². The SMILES string of the molecule is CCC(CC)N(CCOC)CC1(C=O)CCCC1. The first-order valence-electron chi connectivity index (χ1n) is 7.40. The minimum absolute atomic E-state index is 0.0731. The molecule has 1 saturated carbocycles. The minimum Gasteiger partial charge on any atom is -0.383 e. The fourth-order valence-corrected chi connectivity index (χ4v) is 3.20. The maximum absolute atomic E-state index is 11.5. The van der Waals surface area contributed by atoms with E-state index in [4.69, 9.17) is 4.74 Å². The second-order valence-corrected chi connectivity index (χ2v) is 5.62. The van der Waals surface area contributed by atoms with Gasteiger partial charge in [-0.1, -0.05) is 26.7 Å². The van der Waals surface area contributed by atoms with Gasteiger partial charge in [0.1, 0.15) is 6.29 Å². The van der Waals surface area contributed by atoms with Crippen molar-refractivity contribution in [2.75, 3.05) is 26.8 Å². The first kappa shape index (κ1) is 15.6. The molecule has 0 N–H and O–H groups in total. The summed E-state index contributed by atoms with van der Waals surface area (Å²) in [6.07, 6.45) is 8.08. The van der Waals surface area contributed by atoms with E-state index in [0.29, 0.717) is 6.04 Å². The molecular weight excluding hydrogens is 226 g/mol. The van der Waals surface area contributed by atoms with E-state index in [1.54, 1.807) is 7.11 Å². The molecule has 106 valence electrons. The molecule has 0 aromatic heterocycles. The van der Waals surface area contributed by atoms with Crippen molar-refractivity contribution in [3.8, 4) is 0 Å². The minimum atomic E-state index is -0.0731. The Morgan fingerprint density at radius 3 is 2.33 bits per heavy atom. The average Bonchev–Trinajstić information content (AvgIpc) is 2.86. The number of aldehydes is 1. The molecule has 0 amide bonds. The highest BCUT2D eigenvalue weighted by atomic mass is 16.5. The highest BCUT2D eigenvalue weighted by molar-refractivity contribution is 5.60. The van der Waals surface area contributed by atoms with Gasteiger partial charge in [-0.05, 0) is 25.7 Å². The molecule has 1 aliphatic rings. The largest absolute Gasteiger partial charge is 0.383 e. The highest BCUT2D eigenvalue weighted by Gasteiger charge is 2.36. The van der Waals surface area contributed by atoms with Crippen LogP contribution in [0.4, 0.5) is 0 Å². The van der Waals surface area contributed by atoms with Crippen LogP contribution in [0.15, 0.2) is 0 Å². The fourth-order valence-electron chi connectivity index (χ4n) is 3.20. The molecule has 0 aromatic rings. The molecule has 0 radical (unpaired) electrons. The molecule has 1 aliphatic carbocycles. The molecule has 0 unspecified atom stereocenters. The fraction of sp³-hybridized carbons (Fsp3) is 0.933. The average molecular weight is 255 g/mol. The van der Waals surface area contributed by atoms with Crippen LogP contribution in [-0.4, -0.2) is 44.0 Å². The third kappa shape index (κ3) is 4.06. The number of carbonyl (C=O) groups is 1. The monoisotopic (exact) mass is 255 g/mol. The van der Waals surface area contributed by atoms with E-state index in [2.05, 4.69) is 18.7 Å². The summed E-state index contributed by atoms with van der Waals surface area (Å²) < 4.78 is 5.21. The summed E-state index contributed by atoms with van der Waals surface area (Å²) in [6.45, 7) is 7.09. The zero-order chi connectivity index (χ0) is 13.4. The predicted molar refractivity (Wildman–Crippen MR) is 74.8 cm³/mol. The zero-order valence-corrected chi connectivity index (χ0v) is 12.3. The quantitative estimate of drug-likeness (QED) is 0.593. The van der Waals surface area contributed by atoms with Crippen LogP contribution in [0.1, 0.15) is 52.4 Å². The molecule has 0 heterocycles. The number of carbonyl (C=O) groups excluding carboxylic acids is 1. The summed E-state index contributed by atoms with van der Waals surface area (Å²) in [7, 11) is 1.75. The van der Waals surface area contributed by atoms with Crippen molar-refractivity contribution < 1.29 is 9.53 Å². The lowest BCUT2D eigenvalue weighted by Crippen LogP contribution is -2.44. The highest BCUT2D eigenvalue weighted by Crippen LogP contribution is 2.37. The van der Waals surface area contributed by atoms with Crippen molar-refractivity contribution >= 4 is 6.29 Å². The van der Waals surface area contributed by atoms with Crippen molar-refractivity contribution in [2.45, 2.75) is 58.4 Å². The molecule has 0 aromatic carbocycles. The molecule has 1 rings (SSSR count). The number of ether oxygens (including phenoxy) is 1. The van der Waals surface area contributed by atoms with E-state index in [9.17, 15) is 4.79 Å². The lowest BCUT2D eigenvalue weighted by Gasteiger charge is -2.36. The summed E-state index contributed by atoms with van der Waals surface area (Å²) in [5.41, 5.74) is -0.0731. The maximum Gasteiger partial charge on any atom is 0.127 e. The van der Waals surface area contributed by atoms with Crippen molar-refractivity contribution in [3.05, 3.63) is 0 Å². The Morgan fingerprint density at radius 2 is 1.89 bits per heavy atom. The Kier molecular flexibility index (Phi) is 6.87. The van der Waals surface area contributed by atoms with Crippen LogP contribution in [0, 0.1) is 5.41 Å². The van der Waals surface area contributed by atoms with Gasteiger partial charge in [-0.15, -0.1) is 0 Å². The standard InChI is InChI=1S/C15H29NO2/c1-4-14(5-2)16(10-11-18-3)12-15(13-17)8-6-7-9-15/h13-14H,4-12H2,1-3H3. The third-order valence-electron chi connectivity index (χ3n) is 4.41. The molecule has 0 bridgehead atoms. The van der Waals surface area contributed by atoms with Gasteiger partial charge in [-0.25, -0.2) is 0 Å². The van der Waals surface area contributed by atoms with Crippen LogP contribution < -0.4 is 0 Å². The molecule has 0 spiro atoms. The first-order chi connectivity index (χ1) is 8.71. The molecule has 0 atom stereocenters. The Labute approximate surface area is 112 Å². The number of hydrogen-bond donors (Lipinski definition) is 0.